The van der Waals surface area contributed by atoms with E-state index in [1.807, 2.05) is 11.3 Å². The van der Waals surface area contributed by atoms with Gasteiger partial charge in [-0.15, -0.1) is 11.3 Å². The van der Waals surface area contributed by atoms with Gasteiger partial charge in [0, 0.05) is 37.2 Å². The third-order valence-corrected chi connectivity index (χ3v) is 10.7. The summed E-state index contributed by atoms with van der Waals surface area (Å²) in [6, 6.07) is 60.2. The topological polar surface area (TPSA) is 3.24 Å². The van der Waals surface area contributed by atoms with Crippen molar-refractivity contribution in [1.82, 2.24) is 0 Å². The Kier molecular flexibility index (Phi) is 6.85. The van der Waals surface area contributed by atoms with E-state index >= 15 is 0 Å². The number of benzene rings is 8. The third kappa shape index (κ3) is 4.68. The fourth-order valence-corrected chi connectivity index (χ4v) is 8.60. The highest BCUT2D eigenvalue weighted by Crippen LogP contribution is 2.48. The van der Waals surface area contributed by atoms with Gasteiger partial charge in [0.15, 0.2) is 0 Å². The number of thiophene rings is 1. The Bertz CT molecular complexity index is 2540. The molecule has 0 amide bonds. The lowest BCUT2D eigenvalue weighted by molar-refractivity contribution is 1.26. The molecular formula is C46H33NS. The highest BCUT2D eigenvalue weighted by atomic mass is 32.1. The van der Waals surface area contributed by atoms with E-state index in [0.717, 1.165) is 17.1 Å². The minimum atomic E-state index is 1.14. The molecule has 0 radical (unpaired) electrons. The van der Waals surface area contributed by atoms with Crippen LogP contribution in [0.15, 0.2) is 164 Å². The normalized spacial score (nSPS) is 11.5. The second-order valence-corrected chi connectivity index (χ2v) is 13.8. The van der Waals surface area contributed by atoms with Crippen molar-refractivity contribution in [1.29, 1.82) is 0 Å². The first kappa shape index (κ1) is 28.5. The molecule has 0 spiro atoms. The molecule has 1 nitrogen and oxygen atoms in total. The number of aryl methyl sites for hydroxylation is 2. The smallest absolute Gasteiger partial charge is 0.0464 e. The van der Waals surface area contributed by atoms with Crippen molar-refractivity contribution in [3.05, 3.63) is 175 Å². The van der Waals surface area contributed by atoms with E-state index < -0.39 is 0 Å². The summed E-state index contributed by atoms with van der Waals surface area (Å²) in [6.45, 7) is 4.31. The van der Waals surface area contributed by atoms with E-state index in [-0.39, 0.29) is 0 Å². The van der Waals surface area contributed by atoms with Gasteiger partial charge >= 0.3 is 0 Å². The van der Waals surface area contributed by atoms with Crippen LogP contribution in [0.1, 0.15) is 11.1 Å². The maximum Gasteiger partial charge on any atom is 0.0464 e. The number of hydrogen-bond donors (Lipinski definition) is 0. The standard InChI is InChI=1S/C46H33NS/c1-30-12-9-14-34(28-30)47(35-15-10-13-31(2)29-35)33-26-24-32(25-27-33)44-36-16-3-5-18-38(36)45(39-19-6-4-17-37(39)44)41-21-11-23-43-46(41)40-20-7-8-22-42(40)48-43/h3-29H,1-2H3. The molecule has 8 aromatic carbocycles. The van der Waals surface area contributed by atoms with Gasteiger partial charge < -0.3 is 4.90 Å². The van der Waals surface area contributed by atoms with Gasteiger partial charge in [-0.2, -0.15) is 0 Å². The zero-order valence-electron chi connectivity index (χ0n) is 26.9. The fraction of sp³-hybridized carbons (Fsp3) is 0.0435. The molecular weight excluding hydrogens is 599 g/mol. The van der Waals surface area contributed by atoms with Crippen molar-refractivity contribution >= 4 is 70.1 Å². The Morgan fingerprint density at radius 2 is 0.896 bits per heavy atom. The van der Waals surface area contributed by atoms with Crippen molar-refractivity contribution in [2.45, 2.75) is 13.8 Å². The van der Waals surface area contributed by atoms with Crippen molar-refractivity contribution in [3.63, 3.8) is 0 Å². The number of hydrogen-bond acceptors (Lipinski definition) is 2. The summed E-state index contributed by atoms with van der Waals surface area (Å²) in [5.41, 5.74) is 11.0. The van der Waals surface area contributed by atoms with Crippen LogP contribution in [0.4, 0.5) is 17.1 Å². The number of rotatable bonds is 5. The summed E-state index contributed by atoms with van der Waals surface area (Å²) in [5.74, 6) is 0. The van der Waals surface area contributed by atoms with Crippen LogP contribution >= 0.6 is 11.3 Å². The Morgan fingerprint density at radius 1 is 0.396 bits per heavy atom. The Morgan fingerprint density at radius 3 is 1.48 bits per heavy atom. The molecule has 0 atom stereocenters. The Labute approximate surface area is 285 Å². The van der Waals surface area contributed by atoms with Crippen molar-refractivity contribution in [3.8, 4) is 22.3 Å². The minimum absolute atomic E-state index is 1.14. The quantitative estimate of drug-likeness (QED) is 0.171. The summed E-state index contributed by atoms with van der Waals surface area (Å²) in [5, 5.41) is 7.76. The third-order valence-electron chi connectivity index (χ3n) is 9.54. The molecule has 0 saturated carbocycles. The van der Waals surface area contributed by atoms with E-state index in [1.54, 1.807) is 0 Å². The second-order valence-electron chi connectivity index (χ2n) is 12.7. The summed E-state index contributed by atoms with van der Waals surface area (Å²) in [6.07, 6.45) is 0. The molecule has 9 rings (SSSR count). The predicted molar refractivity (Wildman–Crippen MR) is 209 cm³/mol. The van der Waals surface area contributed by atoms with Crippen molar-refractivity contribution in [2.75, 3.05) is 4.90 Å². The molecule has 2 heteroatoms. The lowest BCUT2D eigenvalue weighted by atomic mass is 9.85. The molecule has 0 N–H and O–H groups in total. The number of fused-ring (bicyclic) bond motifs is 5. The molecule has 0 fully saturated rings. The number of nitrogens with zero attached hydrogens (tertiary/aromatic N) is 1. The first-order valence-corrected chi connectivity index (χ1v) is 17.3. The molecule has 0 saturated heterocycles. The van der Waals surface area contributed by atoms with Gasteiger partial charge in [-0.25, -0.2) is 0 Å². The zero-order valence-corrected chi connectivity index (χ0v) is 27.8. The van der Waals surface area contributed by atoms with Crippen LogP contribution in [-0.4, -0.2) is 0 Å². The van der Waals surface area contributed by atoms with Crippen LogP contribution in [0.5, 0.6) is 0 Å². The zero-order chi connectivity index (χ0) is 32.2. The first-order valence-electron chi connectivity index (χ1n) is 16.5. The van der Waals surface area contributed by atoms with Crippen LogP contribution in [0.3, 0.4) is 0 Å². The van der Waals surface area contributed by atoms with Gasteiger partial charge in [0.1, 0.15) is 0 Å². The van der Waals surface area contributed by atoms with Gasteiger partial charge in [-0.1, -0.05) is 115 Å². The molecule has 1 heterocycles. The molecule has 228 valence electrons. The number of anilines is 3. The SMILES string of the molecule is Cc1cccc(N(c2ccc(-c3c4ccccc4c(-c4cccc5sc6ccccc6c45)c4ccccc34)cc2)c2cccc(C)c2)c1. The van der Waals surface area contributed by atoms with E-state index in [2.05, 4.69) is 183 Å². The molecule has 0 aliphatic heterocycles. The van der Waals surface area contributed by atoms with Crippen LogP contribution in [0.25, 0.3) is 64.0 Å². The Hall–Kier alpha value is -5.70. The first-order chi connectivity index (χ1) is 23.6. The maximum absolute atomic E-state index is 2.36. The van der Waals surface area contributed by atoms with E-state index in [9.17, 15) is 0 Å². The second kappa shape index (κ2) is 11.5. The molecule has 1 aromatic heterocycles. The molecule has 0 bridgehead atoms. The monoisotopic (exact) mass is 631 g/mol. The fourth-order valence-electron chi connectivity index (χ4n) is 7.47. The average molecular weight is 632 g/mol. The van der Waals surface area contributed by atoms with Crippen LogP contribution in [0.2, 0.25) is 0 Å². The molecule has 0 unspecified atom stereocenters. The lowest BCUT2D eigenvalue weighted by Gasteiger charge is -2.26. The van der Waals surface area contributed by atoms with Gasteiger partial charge in [-0.3, -0.25) is 0 Å². The predicted octanol–water partition coefficient (Wildman–Crippen LogP) is 13.8. The van der Waals surface area contributed by atoms with E-state index in [1.165, 1.54) is 75.1 Å². The van der Waals surface area contributed by atoms with Crippen LogP contribution < -0.4 is 4.90 Å². The maximum atomic E-state index is 2.36. The summed E-state index contributed by atoms with van der Waals surface area (Å²) in [7, 11) is 0. The van der Waals surface area contributed by atoms with Crippen molar-refractivity contribution < 1.29 is 0 Å². The summed E-state index contributed by atoms with van der Waals surface area (Å²) >= 11 is 1.88. The van der Waals surface area contributed by atoms with E-state index in [0.29, 0.717) is 0 Å². The highest BCUT2D eigenvalue weighted by molar-refractivity contribution is 7.25. The lowest BCUT2D eigenvalue weighted by Crippen LogP contribution is -2.10. The summed E-state index contributed by atoms with van der Waals surface area (Å²) < 4.78 is 2.66. The molecule has 48 heavy (non-hydrogen) atoms. The highest BCUT2D eigenvalue weighted by Gasteiger charge is 2.20. The van der Waals surface area contributed by atoms with E-state index in [4.69, 9.17) is 0 Å². The molecule has 0 aliphatic rings. The molecule has 0 aliphatic carbocycles. The molecule has 9 aromatic rings. The van der Waals surface area contributed by atoms with Gasteiger partial charge in [0.25, 0.3) is 0 Å². The van der Waals surface area contributed by atoms with Gasteiger partial charge in [0.05, 0.1) is 0 Å². The summed E-state index contributed by atoms with van der Waals surface area (Å²) in [4.78, 5) is 2.36. The van der Waals surface area contributed by atoms with Crippen LogP contribution in [0, 0.1) is 13.8 Å². The van der Waals surface area contributed by atoms with Gasteiger partial charge in [0.2, 0.25) is 0 Å². The van der Waals surface area contributed by atoms with Crippen LogP contribution in [-0.2, 0) is 0 Å². The minimum Gasteiger partial charge on any atom is -0.310 e. The average Bonchev–Trinajstić information content (AvgIpc) is 3.50. The Balaban J connectivity index is 1.27. The van der Waals surface area contributed by atoms with Crippen molar-refractivity contribution in [2.24, 2.45) is 0 Å². The van der Waals surface area contributed by atoms with Gasteiger partial charge in [-0.05, 0) is 117 Å². The largest absolute Gasteiger partial charge is 0.310 e.